The molecule has 0 amide bonds. The van der Waals surface area contributed by atoms with Gasteiger partial charge in [0, 0.05) is 37.9 Å². The third-order valence-corrected chi connectivity index (χ3v) is 4.31. The maximum atomic E-state index is 6.14. The SMILES string of the molecule is Cl.Clc1cccc(COc2nccc(N3CCNCC3)n2)c1Cl. The summed E-state index contributed by atoms with van der Waals surface area (Å²) in [6.07, 6.45) is 1.71. The van der Waals surface area contributed by atoms with Gasteiger partial charge in [-0.15, -0.1) is 12.4 Å². The van der Waals surface area contributed by atoms with Gasteiger partial charge in [0.1, 0.15) is 12.4 Å². The highest BCUT2D eigenvalue weighted by molar-refractivity contribution is 6.42. The average molecular weight is 376 g/mol. The maximum absolute atomic E-state index is 6.14. The molecule has 3 rings (SSSR count). The van der Waals surface area contributed by atoms with E-state index in [2.05, 4.69) is 20.2 Å². The number of anilines is 1. The third kappa shape index (κ3) is 4.61. The molecule has 1 aliphatic heterocycles. The van der Waals surface area contributed by atoms with Gasteiger partial charge < -0.3 is 15.0 Å². The van der Waals surface area contributed by atoms with Crippen molar-refractivity contribution < 1.29 is 4.74 Å². The van der Waals surface area contributed by atoms with E-state index < -0.39 is 0 Å². The fourth-order valence-electron chi connectivity index (χ4n) is 2.27. The Bertz CT molecular complexity index is 650. The molecule has 0 saturated carbocycles. The van der Waals surface area contributed by atoms with Crippen LogP contribution in [-0.2, 0) is 6.61 Å². The quantitative estimate of drug-likeness (QED) is 0.889. The van der Waals surface area contributed by atoms with Crippen molar-refractivity contribution in [2.75, 3.05) is 31.1 Å². The molecule has 23 heavy (non-hydrogen) atoms. The zero-order chi connectivity index (χ0) is 15.4. The van der Waals surface area contributed by atoms with Crippen LogP contribution >= 0.6 is 35.6 Å². The first kappa shape index (κ1) is 18.1. The van der Waals surface area contributed by atoms with Gasteiger partial charge in [-0.25, -0.2) is 4.98 Å². The zero-order valence-electron chi connectivity index (χ0n) is 12.3. The number of aromatic nitrogens is 2. The summed E-state index contributed by atoms with van der Waals surface area (Å²) in [4.78, 5) is 10.8. The van der Waals surface area contributed by atoms with Crippen LogP contribution in [0.3, 0.4) is 0 Å². The summed E-state index contributed by atoms with van der Waals surface area (Å²) in [7, 11) is 0. The Morgan fingerprint density at radius 2 is 1.96 bits per heavy atom. The Morgan fingerprint density at radius 1 is 1.17 bits per heavy atom. The lowest BCUT2D eigenvalue weighted by molar-refractivity contribution is 0.281. The van der Waals surface area contributed by atoms with Crippen molar-refractivity contribution in [1.82, 2.24) is 15.3 Å². The molecule has 0 unspecified atom stereocenters. The molecule has 1 aromatic carbocycles. The summed E-state index contributed by atoms with van der Waals surface area (Å²) < 4.78 is 5.65. The Balaban J connectivity index is 0.00000192. The minimum Gasteiger partial charge on any atom is -0.458 e. The second kappa shape index (κ2) is 8.55. The van der Waals surface area contributed by atoms with E-state index in [1.165, 1.54) is 0 Å². The lowest BCUT2D eigenvalue weighted by atomic mass is 10.2. The molecule has 2 aromatic rings. The number of piperazine rings is 1. The highest BCUT2D eigenvalue weighted by atomic mass is 35.5. The second-order valence-corrected chi connectivity index (χ2v) is 5.72. The topological polar surface area (TPSA) is 50.3 Å². The summed E-state index contributed by atoms with van der Waals surface area (Å²) in [5.74, 6) is 0.878. The van der Waals surface area contributed by atoms with Crippen molar-refractivity contribution in [3.8, 4) is 6.01 Å². The third-order valence-electron chi connectivity index (χ3n) is 3.45. The minimum atomic E-state index is 0. The van der Waals surface area contributed by atoms with Crippen LogP contribution in [0.1, 0.15) is 5.56 Å². The van der Waals surface area contributed by atoms with E-state index in [0.717, 1.165) is 37.6 Å². The van der Waals surface area contributed by atoms with Crippen LogP contribution in [-0.4, -0.2) is 36.1 Å². The van der Waals surface area contributed by atoms with Crippen LogP contribution in [0.5, 0.6) is 6.01 Å². The first-order chi connectivity index (χ1) is 10.7. The molecule has 8 heteroatoms. The molecule has 1 fully saturated rings. The maximum Gasteiger partial charge on any atom is 0.318 e. The molecule has 5 nitrogen and oxygen atoms in total. The van der Waals surface area contributed by atoms with Crippen LogP contribution < -0.4 is 15.0 Å². The van der Waals surface area contributed by atoms with E-state index in [0.29, 0.717) is 16.1 Å². The van der Waals surface area contributed by atoms with E-state index in [1.54, 1.807) is 12.3 Å². The van der Waals surface area contributed by atoms with Gasteiger partial charge in [-0.1, -0.05) is 35.3 Å². The van der Waals surface area contributed by atoms with Crippen molar-refractivity contribution in [2.24, 2.45) is 0 Å². The monoisotopic (exact) mass is 374 g/mol. The zero-order valence-corrected chi connectivity index (χ0v) is 14.7. The van der Waals surface area contributed by atoms with E-state index in [4.69, 9.17) is 27.9 Å². The summed E-state index contributed by atoms with van der Waals surface area (Å²) in [5, 5.41) is 4.33. The van der Waals surface area contributed by atoms with Crippen LogP contribution in [0.15, 0.2) is 30.5 Å². The number of nitrogens with zero attached hydrogens (tertiary/aromatic N) is 3. The first-order valence-electron chi connectivity index (χ1n) is 7.08. The molecule has 124 valence electrons. The fourth-order valence-corrected chi connectivity index (χ4v) is 2.65. The highest BCUT2D eigenvalue weighted by Gasteiger charge is 2.13. The molecule has 0 atom stereocenters. The van der Waals surface area contributed by atoms with Gasteiger partial charge in [0.25, 0.3) is 0 Å². The summed E-state index contributed by atoms with van der Waals surface area (Å²) in [6.45, 7) is 4.05. The van der Waals surface area contributed by atoms with Crippen LogP contribution in [0.4, 0.5) is 5.82 Å². The first-order valence-corrected chi connectivity index (χ1v) is 7.84. The fraction of sp³-hybridized carbons (Fsp3) is 0.333. The van der Waals surface area contributed by atoms with Crippen molar-refractivity contribution in [3.63, 3.8) is 0 Å². The molecular weight excluding hydrogens is 359 g/mol. The molecule has 1 aliphatic rings. The molecule has 1 saturated heterocycles. The number of hydrogen-bond donors (Lipinski definition) is 1. The molecule has 0 spiro atoms. The minimum absolute atomic E-state index is 0. The summed E-state index contributed by atoms with van der Waals surface area (Å²) in [5.41, 5.74) is 0.811. The van der Waals surface area contributed by atoms with Gasteiger partial charge in [-0.2, -0.15) is 4.98 Å². The number of halogens is 3. The van der Waals surface area contributed by atoms with Crippen molar-refractivity contribution >= 4 is 41.4 Å². The largest absolute Gasteiger partial charge is 0.458 e. The van der Waals surface area contributed by atoms with Gasteiger partial charge in [-0.05, 0) is 12.1 Å². The average Bonchev–Trinajstić information content (AvgIpc) is 2.57. The van der Waals surface area contributed by atoms with E-state index in [1.807, 2.05) is 18.2 Å². The molecular formula is C15H17Cl3N4O. The van der Waals surface area contributed by atoms with Crippen LogP contribution in [0, 0.1) is 0 Å². The normalized spacial score (nSPS) is 14.3. The van der Waals surface area contributed by atoms with Crippen molar-refractivity contribution in [1.29, 1.82) is 0 Å². The van der Waals surface area contributed by atoms with Crippen molar-refractivity contribution in [2.45, 2.75) is 6.61 Å². The Hall–Kier alpha value is -1.27. The smallest absolute Gasteiger partial charge is 0.318 e. The van der Waals surface area contributed by atoms with Gasteiger partial charge in [-0.3, -0.25) is 0 Å². The Kier molecular flexibility index (Phi) is 6.72. The number of benzene rings is 1. The predicted molar refractivity (Wildman–Crippen MR) is 95.2 cm³/mol. The predicted octanol–water partition coefficient (Wildman–Crippen LogP) is 3.19. The summed E-state index contributed by atoms with van der Waals surface area (Å²) >= 11 is 12.1. The number of hydrogen-bond acceptors (Lipinski definition) is 5. The van der Waals surface area contributed by atoms with Crippen LogP contribution in [0.2, 0.25) is 10.0 Å². The second-order valence-electron chi connectivity index (χ2n) is 4.94. The van der Waals surface area contributed by atoms with Gasteiger partial charge in [0.05, 0.1) is 10.0 Å². The molecule has 0 aliphatic carbocycles. The molecule has 0 radical (unpaired) electrons. The van der Waals surface area contributed by atoms with Gasteiger partial charge in [0.2, 0.25) is 0 Å². The van der Waals surface area contributed by atoms with Gasteiger partial charge in [0.15, 0.2) is 0 Å². The number of ether oxygens (including phenoxy) is 1. The van der Waals surface area contributed by atoms with E-state index in [-0.39, 0.29) is 19.0 Å². The number of rotatable bonds is 4. The van der Waals surface area contributed by atoms with Crippen molar-refractivity contribution in [3.05, 3.63) is 46.1 Å². The lowest BCUT2D eigenvalue weighted by Crippen LogP contribution is -2.43. The molecule has 2 heterocycles. The molecule has 1 aromatic heterocycles. The Morgan fingerprint density at radius 3 is 2.74 bits per heavy atom. The Labute approximate surface area is 151 Å². The standard InChI is InChI=1S/C15H16Cl2N4O.ClH/c16-12-3-1-2-11(14(12)17)10-22-15-19-5-4-13(20-15)21-8-6-18-7-9-21;/h1-5,18H,6-10H2;1H. The summed E-state index contributed by atoms with van der Waals surface area (Å²) in [6, 6.07) is 7.69. The van der Waals surface area contributed by atoms with Crippen LogP contribution in [0.25, 0.3) is 0 Å². The van der Waals surface area contributed by atoms with E-state index in [9.17, 15) is 0 Å². The highest BCUT2D eigenvalue weighted by Crippen LogP contribution is 2.26. The van der Waals surface area contributed by atoms with Gasteiger partial charge >= 0.3 is 6.01 Å². The van der Waals surface area contributed by atoms with E-state index >= 15 is 0 Å². The lowest BCUT2D eigenvalue weighted by Gasteiger charge is -2.28. The number of nitrogens with one attached hydrogen (secondary N) is 1. The molecule has 1 N–H and O–H groups in total. The molecule has 0 bridgehead atoms.